The number of anilines is 2. The molecule has 3 rings (SSSR count). The maximum atomic E-state index is 5.82. The van der Waals surface area contributed by atoms with Crippen molar-refractivity contribution in [3.05, 3.63) is 18.2 Å². The van der Waals surface area contributed by atoms with Crippen molar-refractivity contribution >= 4 is 22.8 Å². The fourth-order valence-corrected chi connectivity index (χ4v) is 2.57. The molecule has 102 valence electrons. The first-order valence-corrected chi connectivity index (χ1v) is 6.78. The number of ether oxygens (including phenoxy) is 1. The Kier molecular flexibility index (Phi) is 3.29. The summed E-state index contributed by atoms with van der Waals surface area (Å²) in [6, 6.07) is 6.59. The van der Waals surface area contributed by atoms with E-state index in [1.807, 2.05) is 25.1 Å². The van der Waals surface area contributed by atoms with E-state index in [0.29, 0.717) is 17.7 Å². The Morgan fingerprint density at radius 3 is 3.26 bits per heavy atom. The van der Waals surface area contributed by atoms with Crippen LogP contribution in [0.1, 0.15) is 19.8 Å². The van der Waals surface area contributed by atoms with Gasteiger partial charge in [0.1, 0.15) is 5.52 Å². The lowest BCUT2D eigenvalue weighted by atomic mass is 10.2. The highest BCUT2D eigenvalue weighted by atomic mass is 16.5. The van der Waals surface area contributed by atoms with E-state index in [-0.39, 0.29) is 0 Å². The van der Waals surface area contributed by atoms with Crippen LogP contribution in [0.5, 0.6) is 0 Å². The van der Waals surface area contributed by atoms with Crippen LogP contribution < -0.4 is 10.6 Å². The molecule has 2 heterocycles. The summed E-state index contributed by atoms with van der Waals surface area (Å²) in [5.41, 5.74) is 8.07. The number of nitrogen functional groups attached to an aromatic ring is 1. The van der Waals surface area contributed by atoms with Crippen LogP contribution in [0, 0.1) is 0 Å². The van der Waals surface area contributed by atoms with E-state index in [0.717, 1.165) is 43.7 Å². The number of hydrogen-bond acceptors (Lipinski definition) is 5. The molecule has 1 aliphatic heterocycles. The lowest BCUT2D eigenvalue weighted by Crippen LogP contribution is -2.33. The summed E-state index contributed by atoms with van der Waals surface area (Å²) in [7, 11) is 0. The molecule has 0 spiro atoms. The van der Waals surface area contributed by atoms with Crippen molar-refractivity contribution in [1.29, 1.82) is 0 Å². The minimum absolute atomic E-state index is 0.366. The molecule has 0 amide bonds. The van der Waals surface area contributed by atoms with Gasteiger partial charge in [-0.05, 0) is 38.0 Å². The molecule has 0 saturated carbocycles. The molecule has 1 aliphatic rings. The topological polar surface area (TPSA) is 64.5 Å². The maximum absolute atomic E-state index is 5.82. The predicted molar refractivity (Wildman–Crippen MR) is 75.3 cm³/mol. The molecule has 1 fully saturated rings. The van der Waals surface area contributed by atoms with Gasteiger partial charge in [0.05, 0.1) is 12.6 Å². The second-order valence-corrected chi connectivity index (χ2v) is 4.87. The molecule has 1 aromatic carbocycles. The average molecular weight is 261 g/mol. The van der Waals surface area contributed by atoms with Crippen LogP contribution in [0.25, 0.3) is 11.1 Å². The summed E-state index contributed by atoms with van der Waals surface area (Å²) in [4.78, 5) is 6.74. The van der Waals surface area contributed by atoms with Crippen molar-refractivity contribution in [1.82, 2.24) is 4.98 Å². The molecule has 1 saturated heterocycles. The summed E-state index contributed by atoms with van der Waals surface area (Å²) < 4.78 is 11.4. The average Bonchev–Trinajstić information content (AvgIpc) is 3.01. The van der Waals surface area contributed by atoms with Crippen LogP contribution in [-0.2, 0) is 4.74 Å². The quantitative estimate of drug-likeness (QED) is 0.856. The highest BCUT2D eigenvalue weighted by Crippen LogP contribution is 2.29. The van der Waals surface area contributed by atoms with E-state index in [4.69, 9.17) is 14.9 Å². The Labute approximate surface area is 112 Å². The van der Waals surface area contributed by atoms with Crippen LogP contribution >= 0.6 is 0 Å². The minimum Gasteiger partial charge on any atom is -0.423 e. The first-order valence-electron chi connectivity index (χ1n) is 6.78. The van der Waals surface area contributed by atoms with Gasteiger partial charge in [-0.25, -0.2) is 0 Å². The van der Waals surface area contributed by atoms with E-state index >= 15 is 0 Å². The summed E-state index contributed by atoms with van der Waals surface area (Å²) in [5, 5.41) is 0. The Bertz CT molecular complexity index is 567. The van der Waals surface area contributed by atoms with Gasteiger partial charge in [-0.15, -0.1) is 0 Å². The number of rotatable bonds is 4. The van der Waals surface area contributed by atoms with Crippen molar-refractivity contribution < 1.29 is 9.15 Å². The molecular weight excluding hydrogens is 242 g/mol. The second-order valence-electron chi connectivity index (χ2n) is 4.87. The SMILES string of the molecule is CCOCC1CCCN1c1nc2cc(N)ccc2o1. The molecule has 2 N–H and O–H groups in total. The lowest BCUT2D eigenvalue weighted by molar-refractivity contribution is 0.133. The van der Waals surface area contributed by atoms with Gasteiger partial charge in [-0.3, -0.25) is 0 Å². The van der Waals surface area contributed by atoms with Gasteiger partial charge >= 0.3 is 0 Å². The molecule has 5 nitrogen and oxygen atoms in total. The largest absolute Gasteiger partial charge is 0.423 e. The number of oxazole rings is 1. The Morgan fingerprint density at radius 2 is 2.42 bits per heavy atom. The lowest BCUT2D eigenvalue weighted by Gasteiger charge is -2.22. The van der Waals surface area contributed by atoms with E-state index in [2.05, 4.69) is 9.88 Å². The van der Waals surface area contributed by atoms with Gasteiger partial charge in [0.15, 0.2) is 5.58 Å². The standard InChI is InChI=1S/C14H19N3O2/c1-2-18-9-11-4-3-7-17(11)14-16-12-8-10(15)5-6-13(12)19-14/h5-6,8,11H,2-4,7,9,15H2,1H3. The molecule has 0 radical (unpaired) electrons. The number of nitrogens with zero attached hydrogens (tertiary/aromatic N) is 2. The predicted octanol–water partition coefficient (Wildman–Crippen LogP) is 2.42. The highest BCUT2D eigenvalue weighted by molar-refractivity contribution is 5.78. The fourth-order valence-electron chi connectivity index (χ4n) is 2.57. The third-order valence-corrected chi connectivity index (χ3v) is 3.54. The monoisotopic (exact) mass is 261 g/mol. The highest BCUT2D eigenvalue weighted by Gasteiger charge is 2.28. The van der Waals surface area contributed by atoms with E-state index in [1.54, 1.807) is 0 Å². The van der Waals surface area contributed by atoms with Crippen molar-refractivity contribution in [2.24, 2.45) is 0 Å². The van der Waals surface area contributed by atoms with Crippen LogP contribution in [0.3, 0.4) is 0 Å². The van der Waals surface area contributed by atoms with Crippen molar-refractivity contribution in [2.75, 3.05) is 30.4 Å². The number of benzene rings is 1. The van der Waals surface area contributed by atoms with E-state index in [1.165, 1.54) is 0 Å². The van der Waals surface area contributed by atoms with Crippen molar-refractivity contribution in [3.8, 4) is 0 Å². The van der Waals surface area contributed by atoms with Gasteiger partial charge in [-0.1, -0.05) is 0 Å². The number of hydrogen-bond donors (Lipinski definition) is 1. The van der Waals surface area contributed by atoms with Crippen LogP contribution in [0.4, 0.5) is 11.7 Å². The third-order valence-electron chi connectivity index (χ3n) is 3.54. The Balaban J connectivity index is 1.86. The summed E-state index contributed by atoms with van der Waals surface area (Å²) in [6.45, 7) is 4.47. The van der Waals surface area contributed by atoms with Gasteiger partial charge < -0.3 is 19.8 Å². The van der Waals surface area contributed by atoms with Gasteiger partial charge in [0.25, 0.3) is 6.01 Å². The first-order chi connectivity index (χ1) is 9.28. The molecule has 1 aromatic heterocycles. The Morgan fingerprint density at radius 1 is 1.53 bits per heavy atom. The van der Waals surface area contributed by atoms with Crippen molar-refractivity contribution in [2.45, 2.75) is 25.8 Å². The third kappa shape index (κ3) is 2.38. The van der Waals surface area contributed by atoms with E-state index < -0.39 is 0 Å². The fraction of sp³-hybridized carbons (Fsp3) is 0.500. The van der Waals surface area contributed by atoms with Gasteiger partial charge in [0, 0.05) is 18.8 Å². The molecule has 0 aliphatic carbocycles. The molecule has 1 unspecified atom stereocenters. The van der Waals surface area contributed by atoms with E-state index in [9.17, 15) is 0 Å². The zero-order chi connectivity index (χ0) is 13.2. The Hall–Kier alpha value is -1.75. The summed E-state index contributed by atoms with van der Waals surface area (Å²) >= 11 is 0. The second kappa shape index (κ2) is 5.09. The molecule has 2 aromatic rings. The van der Waals surface area contributed by atoms with Gasteiger partial charge in [0.2, 0.25) is 0 Å². The molecular formula is C14H19N3O2. The smallest absolute Gasteiger partial charge is 0.298 e. The number of fused-ring (bicyclic) bond motifs is 1. The zero-order valence-corrected chi connectivity index (χ0v) is 11.1. The zero-order valence-electron chi connectivity index (χ0n) is 11.1. The minimum atomic E-state index is 0.366. The van der Waals surface area contributed by atoms with Crippen LogP contribution in [0.15, 0.2) is 22.6 Å². The van der Waals surface area contributed by atoms with Crippen LogP contribution in [-0.4, -0.2) is 30.8 Å². The normalized spacial score (nSPS) is 19.4. The van der Waals surface area contributed by atoms with Crippen LogP contribution in [0.2, 0.25) is 0 Å². The van der Waals surface area contributed by atoms with Gasteiger partial charge in [-0.2, -0.15) is 4.98 Å². The number of nitrogens with two attached hydrogens (primary N) is 1. The molecule has 5 heteroatoms. The molecule has 0 bridgehead atoms. The maximum Gasteiger partial charge on any atom is 0.298 e. The molecule has 1 atom stereocenters. The molecule has 19 heavy (non-hydrogen) atoms. The summed E-state index contributed by atoms with van der Waals surface area (Å²) in [5.74, 6) is 0. The summed E-state index contributed by atoms with van der Waals surface area (Å²) in [6.07, 6.45) is 2.28. The number of aromatic nitrogens is 1. The van der Waals surface area contributed by atoms with Crippen molar-refractivity contribution in [3.63, 3.8) is 0 Å². The first kappa shape index (κ1) is 12.3.